The van der Waals surface area contributed by atoms with Crippen LogP contribution in [0.5, 0.6) is 0 Å². The SMILES string of the molecule is CC1CC(OC(=O)[C@@H](N)CCC(=O)O)CC(C)(C)C1.Cl. The molecule has 3 atom stereocenters. The quantitative estimate of drug-likeness (QED) is 0.761. The lowest BCUT2D eigenvalue weighted by atomic mass is 9.71. The standard InChI is InChI=1S/C14H25NO4.ClH/c1-9-6-10(8-14(2,3)7-9)19-13(18)11(15)4-5-12(16)17;/h9-11H,4-8,15H2,1-3H3,(H,16,17);1H/t9?,10?,11-;/m0./s1. The van der Waals surface area contributed by atoms with Gasteiger partial charge in [-0.2, -0.15) is 0 Å². The number of hydrogen-bond acceptors (Lipinski definition) is 4. The van der Waals surface area contributed by atoms with Gasteiger partial charge in [0.05, 0.1) is 0 Å². The number of nitrogens with two attached hydrogens (primary N) is 1. The van der Waals surface area contributed by atoms with Gasteiger partial charge in [0.15, 0.2) is 0 Å². The predicted molar refractivity (Wildman–Crippen MR) is 78.8 cm³/mol. The van der Waals surface area contributed by atoms with E-state index in [0.717, 1.165) is 19.3 Å². The van der Waals surface area contributed by atoms with E-state index < -0.39 is 18.0 Å². The Hall–Kier alpha value is -0.810. The van der Waals surface area contributed by atoms with Crippen LogP contribution in [0.3, 0.4) is 0 Å². The minimum Gasteiger partial charge on any atom is -0.481 e. The van der Waals surface area contributed by atoms with Crippen LogP contribution in [-0.2, 0) is 14.3 Å². The average Bonchev–Trinajstić information content (AvgIpc) is 2.22. The number of aliphatic carboxylic acids is 1. The Kier molecular flexibility index (Phi) is 7.52. The third-order valence-corrected chi connectivity index (χ3v) is 3.60. The third-order valence-electron chi connectivity index (χ3n) is 3.60. The number of halogens is 1. The highest BCUT2D eigenvalue weighted by molar-refractivity contribution is 5.85. The number of carbonyl (C=O) groups is 2. The summed E-state index contributed by atoms with van der Waals surface area (Å²) >= 11 is 0. The van der Waals surface area contributed by atoms with Gasteiger partial charge in [0.25, 0.3) is 0 Å². The van der Waals surface area contributed by atoms with E-state index in [4.69, 9.17) is 15.6 Å². The molecule has 1 saturated carbocycles. The third kappa shape index (κ3) is 6.57. The van der Waals surface area contributed by atoms with Crippen molar-refractivity contribution in [1.29, 1.82) is 0 Å². The number of carbonyl (C=O) groups excluding carboxylic acids is 1. The van der Waals surface area contributed by atoms with Gasteiger partial charge in [-0.25, -0.2) is 0 Å². The molecule has 20 heavy (non-hydrogen) atoms. The van der Waals surface area contributed by atoms with E-state index in [-0.39, 0.29) is 36.8 Å². The molecule has 6 heteroatoms. The Bertz CT molecular complexity index is 346. The van der Waals surface area contributed by atoms with Crippen LogP contribution < -0.4 is 5.73 Å². The summed E-state index contributed by atoms with van der Waals surface area (Å²) in [7, 11) is 0. The molecule has 0 aliphatic heterocycles. The Morgan fingerprint density at radius 1 is 1.40 bits per heavy atom. The fraction of sp³-hybridized carbons (Fsp3) is 0.857. The fourth-order valence-electron chi connectivity index (χ4n) is 3.00. The highest BCUT2D eigenvalue weighted by Gasteiger charge is 2.34. The molecular weight excluding hydrogens is 282 g/mol. The zero-order valence-electron chi connectivity index (χ0n) is 12.4. The van der Waals surface area contributed by atoms with Crippen LogP contribution in [0.15, 0.2) is 0 Å². The molecule has 1 aliphatic rings. The Morgan fingerprint density at radius 3 is 2.50 bits per heavy atom. The maximum Gasteiger partial charge on any atom is 0.323 e. The minimum absolute atomic E-state index is 0. The highest BCUT2D eigenvalue weighted by atomic mass is 35.5. The molecule has 0 aromatic rings. The summed E-state index contributed by atoms with van der Waals surface area (Å²) in [4.78, 5) is 22.2. The molecule has 118 valence electrons. The van der Waals surface area contributed by atoms with Gasteiger partial charge in [0.1, 0.15) is 12.1 Å². The van der Waals surface area contributed by atoms with Crippen LogP contribution >= 0.6 is 12.4 Å². The molecule has 1 aliphatic carbocycles. The monoisotopic (exact) mass is 307 g/mol. The molecule has 3 N–H and O–H groups in total. The summed E-state index contributed by atoms with van der Waals surface area (Å²) in [6, 6.07) is -0.837. The first-order valence-corrected chi connectivity index (χ1v) is 6.87. The van der Waals surface area contributed by atoms with Gasteiger partial charge in [-0.05, 0) is 37.0 Å². The maximum atomic E-state index is 11.8. The Balaban J connectivity index is 0.00000361. The van der Waals surface area contributed by atoms with Crippen molar-refractivity contribution in [3.63, 3.8) is 0 Å². The molecule has 5 nitrogen and oxygen atoms in total. The number of carboxylic acid groups (broad SMARTS) is 1. The van der Waals surface area contributed by atoms with Crippen molar-refractivity contribution < 1.29 is 19.4 Å². The molecule has 0 saturated heterocycles. The van der Waals surface area contributed by atoms with Crippen LogP contribution in [0.1, 0.15) is 52.9 Å². The maximum absolute atomic E-state index is 11.8. The summed E-state index contributed by atoms with van der Waals surface area (Å²) in [5, 5.41) is 8.56. The van der Waals surface area contributed by atoms with Crippen molar-refractivity contribution >= 4 is 24.3 Å². The molecule has 0 radical (unpaired) electrons. The summed E-state index contributed by atoms with van der Waals surface area (Å²) in [6.07, 6.45) is 2.76. The van der Waals surface area contributed by atoms with Crippen molar-refractivity contribution in [3.8, 4) is 0 Å². The second-order valence-electron chi connectivity index (χ2n) is 6.51. The number of rotatable bonds is 5. The van der Waals surface area contributed by atoms with Crippen molar-refractivity contribution in [2.24, 2.45) is 17.1 Å². The summed E-state index contributed by atoms with van der Waals surface area (Å²) in [5.74, 6) is -0.899. The molecule has 0 amide bonds. The lowest BCUT2D eigenvalue weighted by Gasteiger charge is -2.38. The largest absolute Gasteiger partial charge is 0.481 e. The van der Waals surface area contributed by atoms with Crippen molar-refractivity contribution in [2.75, 3.05) is 0 Å². The minimum atomic E-state index is -0.948. The van der Waals surface area contributed by atoms with Crippen LogP contribution in [0.2, 0.25) is 0 Å². The van der Waals surface area contributed by atoms with Gasteiger partial charge in [-0.3, -0.25) is 9.59 Å². The lowest BCUT2D eigenvalue weighted by Crippen LogP contribution is -2.39. The highest BCUT2D eigenvalue weighted by Crippen LogP contribution is 2.39. The van der Waals surface area contributed by atoms with Crippen molar-refractivity contribution in [1.82, 2.24) is 0 Å². The topological polar surface area (TPSA) is 89.6 Å². The molecule has 0 bridgehead atoms. The number of ether oxygens (including phenoxy) is 1. The molecular formula is C14H26ClNO4. The molecule has 0 heterocycles. The zero-order chi connectivity index (χ0) is 14.6. The molecule has 1 fully saturated rings. The van der Waals surface area contributed by atoms with Gasteiger partial charge in [-0.15, -0.1) is 12.4 Å². The van der Waals surface area contributed by atoms with E-state index in [2.05, 4.69) is 20.8 Å². The molecule has 0 spiro atoms. The molecule has 2 unspecified atom stereocenters. The summed E-state index contributed by atoms with van der Waals surface area (Å²) in [5.41, 5.74) is 5.82. The van der Waals surface area contributed by atoms with E-state index in [1.807, 2.05) is 0 Å². The summed E-state index contributed by atoms with van der Waals surface area (Å²) in [6.45, 7) is 6.51. The van der Waals surface area contributed by atoms with E-state index in [0.29, 0.717) is 5.92 Å². The first kappa shape index (κ1) is 19.2. The van der Waals surface area contributed by atoms with Crippen molar-refractivity contribution in [2.45, 2.75) is 65.0 Å². The van der Waals surface area contributed by atoms with Crippen molar-refractivity contribution in [3.05, 3.63) is 0 Å². The predicted octanol–water partition coefficient (Wildman–Crippen LogP) is 2.36. The second-order valence-corrected chi connectivity index (χ2v) is 6.51. The van der Waals surface area contributed by atoms with Crippen LogP contribution in [0.25, 0.3) is 0 Å². The van der Waals surface area contributed by atoms with Gasteiger partial charge >= 0.3 is 11.9 Å². The lowest BCUT2D eigenvalue weighted by molar-refractivity contribution is -0.155. The fourth-order valence-corrected chi connectivity index (χ4v) is 3.00. The van der Waals surface area contributed by atoms with Gasteiger partial charge < -0.3 is 15.6 Å². The van der Waals surface area contributed by atoms with E-state index in [1.165, 1.54) is 0 Å². The van der Waals surface area contributed by atoms with Gasteiger partial charge in [0, 0.05) is 6.42 Å². The smallest absolute Gasteiger partial charge is 0.323 e. The Labute approximate surface area is 126 Å². The van der Waals surface area contributed by atoms with E-state index in [9.17, 15) is 9.59 Å². The van der Waals surface area contributed by atoms with Crippen LogP contribution in [0.4, 0.5) is 0 Å². The first-order chi connectivity index (χ1) is 8.69. The molecule has 0 aromatic carbocycles. The average molecular weight is 308 g/mol. The van der Waals surface area contributed by atoms with Crippen LogP contribution in [-0.4, -0.2) is 29.2 Å². The number of carboxylic acids is 1. The van der Waals surface area contributed by atoms with E-state index in [1.54, 1.807) is 0 Å². The molecule has 1 rings (SSSR count). The zero-order valence-corrected chi connectivity index (χ0v) is 13.2. The normalized spacial score (nSPS) is 26.2. The Morgan fingerprint density at radius 2 is 2.00 bits per heavy atom. The number of esters is 1. The molecule has 0 aromatic heterocycles. The van der Waals surface area contributed by atoms with Gasteiger partial charge in [-0.1, -0.05) is 20.8 Å². The van der Waals surface area contributed by atoms with E-state index >= 15 is 0 Å². The summed E-state index contributed by atoms with van der Waals surface area (Å²) < 4.78 is 5.43. The second kappa shape index (κ2) is 7.84. The first-order valence-electron chi connectivity index (χ1n) is 6.87. The number of hydrogen-bond donors (Lipinski definition) is 2. The van der Waals surface area contributed by atoms with Crippen LogP contribution in [0, 0.1) is 11.3 Å². The van der Waals surface area contributed by atoms with Gasteiger partial charge in [0.2, 0.25) is 0 Å².